The lowest BCUT2D eigenvalue weighted by atomic mass is 10.1. The van der Waals surface area contributed by atoms with Crippen LogP contribution >= 0.6 is 0 Å². The van der Waals surface area contributed by atoms with Gasteiger partial charge in [-0.2, -0.15) is 0 Å². The second kappa shape index (κ2) is 5.83. The summed E-state index contributed by atoms with van der Waals surface area (Å²) in [6.07, 6.45) is 4.65. The molecule has 0 aliphatic carbocycles. The van der Waals surface area contributed by atoms with Gasteiger partial charge in [-0.15, -0.1) is 0 Å². The molecule has 80 valence electrons. The van der Waals surface area contributed by atoms with Crippen molar-refractivity contribution in [2.24, 2.45) is 11.7 Å². The van der Waals surface area contributed by atoms with Gasteiger partial charge in [-0.1, -0.05) is 13.3 Å². The van der Waals surface area contributed by atoms with Crippen LogP contribution in [0.1, 0.15) is 18.9 Å². The van der Waals surface area contributed by atoms with Crippen LogP contribution in [0.5, 0.6) is 0 Å². The smallest absolute Gasteiger partial charge is 0.0947 e. The van der Waals surface area contributed by atoms with Crippen LogP contribution in [0, 0.1) is 5.92 Å². The third kappa shape index (κ3) is 3.52. The molecular weight excluding hydrogens is 176 g/mol. The van der Waals surface area contributed by atoms with Gasteiger partial charge in [-0.25, -0.2) is 0 Å². The fraction of sp³-hybridized carbons (Fsp3) is 0.636. The van der Waals surface area contributed by atoms with Crippen molar-refractivity contribution < 1.29 is 4.42 Å². The molecule has 0 aliphatic rings. The Labute approximate surface area is 85.9 Å². The van der Waals surface area contributed by atoms with Gasteiger partial charge in [0.1, 0.15) is 0 Å². The summed E-state index contributed by atoms with van der Waals surface area (Å²) in [4.78, 5) is 2.28. The van der Waals surface area contributed by atoms with Gasteiger partial charge in [0.2, 0.25) is 0 Å². The minimum absolute atomic E-state index is 0.604. The van der Waals surface area contributed by atoms with Crippen LogP contribution in [0.2, 0.25) is 0 Å². The first-order valence-electron chi connectivity index (χ1n) is 5.16. The van der Waals surface area contributed by atoms with Crippen molar-refractivity contribution in [3.63, 3.8) is 0 Å². The number of hydrogen-bond donors (Lipinski definition) is 1. The van der Waals surface area contributed by atoms with Gasteiger partial charge in [0.25, 0.3) is 0 Å². The van der Waals surface area contributed by atoms with Crippen LogP contribution in [0.25, 0.3) is 0 Å². The van der Waals surface area contributed by atoms with E-state index in [1.54, 1.807) is 12.5 Å². The van der Waals surface area contributed by atoms with Crippen LogP contribution < -0.4 is 5.73 Å². The van der Waals surface area contributed by atoms with E-state index in [1.165, 1.54) is 5.56 Å². The van der Waals surface area contributed by atoms with Gasteiger partial charge in [0.05, 0.1) is 12.5 Å². The van der Waals surface area contributed by atoms with Gasteiger partial charge >= 0.3 is 0 Å². The molecule has 1 unspecified atom stereocenters. The number of hydrogen-bond acceptors (Lipinski definition) is 3. The lowest BCUT2D eigenvalue weighted by Crippen LogP contribution is -2.29. The van der Waals surface area contributed by atoms with Crippen molar-refractivity contribution in [1.82, 2.24) is 4.90 Å². The molecule has 0 saturated carbocycles. The zero-order chi connectivity index (χ0) is 10.4. The van der Waals surface area contributed by atoms with Crippen LogP contribution in [0.3, 0.4) is 0 Å². The normalized spacial score (nSPS) is 13.4. The molecule has 1 rings (SSSR count). The van der Waals surface area contributed by atoms with Crippen LogP contribution in [-0.2, 0) is 6.54 Å². The first-order valence-corrected chi connectivity index (χ1v) is 5.16. The molecular formula is C11H20N2O. The molecule has 1 aromatic heterocycles. The van der Waals surface area contributed by atoms with Gasteiger partial charge in [-0.3, -0.25) is 0 Å². The number of nitrogens with two attached hydrogens (primary N) is 1. The highest BCUT2D eigenvalue weighted by atomic mass is 16.3. The Hall–Kier alpha value is -0.800. The average molecular weight is 196 g/mol. The molecule has 0 fully saturated rings. The van der Waals surface area contributed by atoms with Gasteiger partial charge in [0.15, 0.2) is 0 Å². The molecule has 3 heteroatoms. The molecule has 0 aliphatic heterocycles. The molecule has 0 spiro atoms. The van der Waals surface area contributed by atoms with E-state index < -0.39 is 0 Å². The standard InChI is InChI=1S/C11H20N2O/c1-3-10(6-12)7-13(2)8-11-4-5-14-9-11/h4-5,9-10H,3,6-8,12H2,1-2H3. The maximum Gasteiger partial charge on any atom is 0.0947 e. The molecule has 3 nitrogen and oxygen atoms in total. The molecule has 0 saturated heterocycles. The van der Waals surface area contributed by atoms with Crippen molar-refractivity contribution in [2.75, 3.05) is 20.1 Å². The van der Waals surface area contributed by atoms with Gasteiger partial charge < -0.3 is 15.1 Å². The molecule has 0 amide bonds. The quantitative estimate of drug-likeness (QED) is 0.753. The first kappa shape index (κ1) is 11.3. The highest BCUT2D eigenvalue weighted by Crippen LogP contribution is 2.07. The van der Waals surface area contributed by atoms with Crippen molar-refractivity contribution >= 4 is 0 Å². The van der Waals surface area contributed by atoms with Crippen LogP contribution in [-0.4, -0.2) is 25.0 Å². The van der Waals surface area contributed by atoms with E-state index >= 15 is 0 Å². The van der Waals surface area contributed by atoms with Crippen molar-refractivity contribution in [3.05, 3.63) is 24.2 Å². The van der Waals surface area contributed by atoms with Gasteiger partial charge in [0, 0.05) is 18.7 Å². The number of rotatable bonds is 6. The van der Waals surface area contributed by atoms with Crippen molar-refractivity contribution in [1.29, 1.82) is 0 Å². The number of furan rings is 1. The summed E-state index contributed by atoms with van der Waals surface area (Å²) in [5.74, 6) is 0.604. The molecule has 0 aromatic carbocycles. The third-order valence-electron chi connectivity index (χ3n) is 2.51. The predicted molar refractivity (Wildman–Crippen MR) is 57.9 cm³/mol. The van der Waals surface area contributed by atoms with E-state index in [0.29, 0.717) is 5.92 Å². The SMILES string of the molecule is CCC(CN)CN(C)Cc1ccoc1. The zero-order valence-corrected chi connectivity index (χ0v) is 9.07. The van der Waals surface area contributed by atoms with E-state index in [9.17, 15) is 0 Å². The van der Waals surface area contributed by atoms with E-state index in [4.69, 9.17) is 10.2 Å². The topological polar surface area (TPSA) is 42.4 Å². The molecule has 1 heterocycles. The summed E-state index contributed by atoms with van der Waals surface area (Å²) >= 11 is 0. The fourth-order valence-corrected chi connectivity index (χ4v) is 1.57. The molecule has 0 radical (unpaired) electrons. The Morgan fingerprint density at radius 1 is 1.57 bits per heavy atom. The average Bonchev–Trinajstić information content (AvgIpc) is 2.66. The molecule has 14 heavy (non-hydrogen) atoms. The minimum Gasteiger partial charge on any atom is -0.472 e. The Kier molecular flexibility index (Phi) is 4.70. The molecule has 0 bridgehead atoms. The maximum absolute atomic E-state index is 5.66. The summed E-state index contributed by atoms with van der Waals surface area (Å²) in [6.45, 7) is 4.95. The predicted octanol–water partition coefficient (Wildman–Crippen LogP) is 1.70. The zero-order valence-electron chi connectivity index (χ0n) is 9.07. The highest BCUT2D eigenvalue weighted by molar-refractivity contribution is 5.04. The van der Waals surface area contributed by atoms with E-state index in [0.717, 1.165) is 26.1 Å². The summed E-state index contributed by atoms with van der Waals surface area (Å²) in [7, 11) is 2.12. The Balaban J connectivity index is 2.31. The summed E-state index contributed by atoms with van der Waals surface area (Å²) in [5, 5.41) is 0. The lowest BCUT2D eigenvalue weighted by Gasteiger charge is -2.21. The number of nitrogens with zero attached hydrogens (tertiary/aromatic N) is 1. The monoisotopic (exact) mass is 196 g/mol. The Morgan fingerprint density at radius 2 is 2.36 bits per heavy atom. The molecule has 1 aromatic rings. The fourth-order valence-electron chi connectivity index (χ4n) is 1.57. The molecule has 1 atom stereocenters. The van der Waals surface area contributed by atoms with Crippen LogP contribution in [0.15, 0.2) is 23.0 Å². The Morgan fingerprint density at radius 3 is 2.86 bits per heavy atom. The second-order valence-electron chi connectivity index (χ2n) is 3.84. The first-order chi connectivity index (χ1) is 6.76. The minimum atomic E-state index is 0.604. The van der Waals surface area contributed by atoms with Crippen molar-refractivity contribution in [2.45, 2.75) is 19.9 Å². The molecule has 2 N–H and O–H groups in total. The van der Waals surface area contributed by atoms with E-state index in [-0.39, 0.29) is 0 Å². The highest BCUT2D eigenvalue weighted by Gasteiger charge is 2.08. The summed E-state index contributed by atoms with van der Waals surface area (Å²) in [6, 6.07) is 2.00. The van der Waals surface area contributed by atoms with E-state index in [1.807, 2.05) is 6.07 Å². The lowest BCUT2D eigenvalue weighted by molar-refractivity contribution is 0.267. The van der Waals surface area contributed by atoms with Crippen LogP contribution in [0.4, 0.5) is 0 Å². The van der Waals surface area contributed by atoms with E-state index in [2.05, 4.69) is 18.9 Å². The third-order valence-corrected chi connectivity index (χ3v) is 2.51. The Bertz CT molecular complexity index is 229. The van der Waals surface area contributed by atoms with Crippen molar-refractivity contribution in [3.8, 4) is 0 Å². The van der Waals surface area contributed by atoms with Gasteiger partial charge in [-0.05, 0) is 25.6 Å². The second-order valence-corrected chi connectivity index (χ2v) is 3.84. The largest absolute Gasteiger partial charge is 0.472 e. The summed E-state index contributed by atoms with van der Waals surface area (Å²) < 4.78 is 5.02. The maximum atomic E-state index is 5.66. The summed E-state index contributed by atoms with van der Waals surface area (Å²) in [5.41, 5.74) is 6.88.